The molecule has 0 bridgehead atoms. The number of likely N-dealkylation sites (tertiary alicyclic amines) is 1. The van der Waals surface area contributed by atoms with Crippen LogP contribution in [0.15, 0.2) is 24.3 Å². The Kier molecular flexibility index (Phi) is 19.2. The molecular weight excluding hydrogens is 630 g/mol. The molecule has 1 aromatic carbocycles. The molecule has 15 nitrogen and oxygen atoms in total. The number of amides is 8. The minimum absolute atomic E-state index is 0.0889. The second-order valence-electron chi connectivity index (χ2n) is 11.0. The second-order valence-corrected chi connectivity index (χ2v) is 12.0. The van der Waals surface area contributed by atoms with Gasteiger partial charge < -0.3 is 37.1 Å². The number of benzene rings is 1. The van der Waals surface area contributed by atoms with Gasteiger partial charge in [-0.25, -0.2) is 9.59 Å². The molecular formula is C31H49N7O8S. The van der Waals surface area contributed by atoms with Gasteiger partial charge in [-0.15, -0.1) is 0 Å². The number of hydrogen-bond acceptors (Lipinski definition) is 9. The Balaban J connectivity index is 0.00000141. The van der Waals surface area contributed by atoms with E-state index in [1.807, 2.05) is 13.2 Å². The molecule has 0 radical (unpaired) electrons. The number of nitrogens with zero attached hydrogens (tertiary/aromatic N) is 1. The van der Waals surface area contributed by atoms with Gasteiger partial charge in [0.05, 0.1) is 11.8 Å². The molecule has 1 heterocycles. The second kappa shape index (κ2) is 22.2. The van der Waals surface area contributed by atoms with Crippen molar-refractivity contribution in [1.82, 2.24) is 26.2 Å². The van der Waals surface area contributed by atoms with E-state index in [-0.39, 0.29) is 54.9 Å². The Bertz CT molecular complexity index is 1210. The number of unbranched alkanes of at least 4 members (excludes halogenated alkanes) is 2. The molecule has 1 aromatic rings. The summed E-state index contributed by atoms with van der Waals surface area (Å²) >= 11 is 1.38. The van der Waals surface area contributed by atoms with Crippen molar-refractivity contribution in [3.05, 3.63) is 29.8 Å². The summed E-state index contributed by atoms with van der Waals surface area (Å²) in [6.07, 6.45) is 4.48. The Morgan fingerprint density at radius 1 is 1.02 bits per heavy atom. The Hall–Kier alpha value is -4.34. The number of nitrogens with one attached hydrogen (secondary N) is 5. The van der Waals surface area contributed by atoms with E-state index in [2.05, 4.69) is 26.6 Å². The zero-order valence-corrected chi connectivity index (χ0v) is 28.6. The van der Waals surface area contributed by atoms with Crippen LogP contribution < -0.4 is 32.3 Å². The number of imide groups is 1. The highest BCUT2D eigenvalue weighted by Crippen LogP contribution is 2.23. The van der Waals surface area contributed by atoms with Crippen LogP contribution in [0.2, 0.25) is 0 Å². The predicted octanol–water partition coefficient (Wildman–Crippen LogP) is 1.85. The third-order valence-corrected chi connectivity index (χ3v) is 7.76. The number of alkyl carbamates (subject to hydrolysis) is 1. The molecule has 0 aliphatic carbocycles. The van der Waals surface area contributed by atoms with Crippen molar-refractivity contribution < 1.29 is 38.3 Å². The van der Waals surface area contributed by atoms with E-state index in [9.17, 15) is 33.6 Å². The van der Waals surface area contributed by atoms with Crippen molar-refractivity contribution in [3.8, 4) is 0 Å². The SMILES string of the molecule is CCCNC(N)=O.CNC(=O)OCc1ccc(NC(=O)CNC(=O)C(NC(=O)CCCCCN2C(=O)CC(SC)C2=O)C(C)C)cc1. The number of nitrogens with two attached hydrogens (primary N) is 1. The summed E-state index contributed by atoms with van der Waals surface area (Å²) in [6, 6.07) is 5.47. The third kappa shape index (κ3) is 16.2. The van der Waals surface area contributed by atoms with E-state index < -0.39 is 30.0 Å². The molecule has 16 heteroatoms. The summed E-state index contributed by atoms with van der Waals surface area (Å²) in [6.45, 7) is 6.41. The maximum atomic E-state index is 12.7. The van der Waals surface area contributed by atoms with Crippen molar-refractivity contribution in [2.45, 2.75) is 77.2 Å². The van der Waals surface area contributed by atoms with Gasteiger partial charge in [-0.1, -0.05) is 39.3 Å². The van der Waals surface area contributed by atoms with E-state index in [4.69, 9.17) is 10.5 Å². The fourth-order valence-corrected chi connectivity index (χ4v) is 4.86. The summed E-state index contributed by atoms with van der Waals surface area (Å²) < 4.78 is 4.96. The molecule has 0 aromatic heterocycles. The van der Waals surface area contributed by atoms with Crippen LogP contribution in [0, 0.1) is 5.92 Å². The molecule has 0 spiro atoms. The zero-order valence-electron chi connectivity index (χ0n) is 27.8. The molecule has 0 saturated carbocycles. The zero-order chi connectivity index (χ0) is 35.4. The van der Waals surface area contributed by atoms with Gasteiger partial charge >= 0.3 is 12.1 Å². The van der Waals surface area contributed by atoms with Crippen molar-refractivity contribution in [2.75, 3.05) is 38.3 Å². The highest BCUT2D eigenvalue weighted by Gasteiger charge is 2.37. The van der Waals surface area contributed by atoms with E-state index in [0.717, 1.165) is 12.0 Å². The molecule has 1 fully saturated rings. The smallest absolute Gasteiger partial charge is 0.407 e. The van der Waals surface area contributed by atoms with Gasteiger partial charge in [-0.2, -0.15) is 11.8 Å². The van der Waals surface area contributed by atoms with E-state index in [1.54, 1.807) is 38.1 Å². The first-order chi connectivity index (χ1) is 22.3. The quantitative estimate of drug-likeness (QED) is 0.104. The fraction of sp³-hybridized carbons (Fsp3) is 0.581. The van der Waals surface area contributed by atoms with Crippen LogP contribution in [0.4, 0.5) is 15.3 Å². The third-order valence-electron chi connectivity index (χ3n) is 6.82. The molecule has 2 rings (SSSR count). The maximum absolute atomic E-state index is 12.7. The summed E-state index contributed by atoms with van der Waals surface area (Å²) in [7, 11) is 1.47. The highest BCUT2D eigenvalue weighted by molar-refractivity contribution is 8.00. The summed E-state index contributed by atoms with van der Waals surface area (Å²) in [4.78, 5) is 83.9. The summed E-state index contributed by atoms with van der Waals surface area (Å²) in [5, 5.41) is 12.5. The molecule has 2 unspecified atom stereocenters. The van der Waals surface area contributed by atoms with Crippen LogP contribution in [0.25, 0.3) is 0 Å². The lowest BCUT2D eigenvalue weighted by molar-refractivity contribution is -0.138. The van der Waals surface area contributed by atoms with Crippen LogP contribution in [0.1, 0.15) is 64.9 Å². The molecule has 1 aliphatic heterocycles. The van der Waals surface area contributed by atoms with Crippen LogP contribution in [0.3, 0.4) is 0 Å². The van der Waals surface area contributed by atoms with Gasteiger partial charge in [-0.3, -0.25) is 28.9 Å². The number of primary amides is 1. The minimum atomic E-state index is -0.803. The molecule has 2 atom stereocenters. The first-order valence-corrected chi connectivity index (χ1v) is 16.8. The van der Waals surface area contributed by atoms with Crippen LogP contribution in [-0.4, -0.2) is 90.8 Å². The highest BCUT2D eigenvalue weighted by atomic mass is 32.2. The van der Waals surface area contributed by atoms with Crippen molar-refractivity contribution in [2.24, 2.45) is 11.7 Å². The molecule has 1 saturated heterocycles. The molecule has 1 aliphatic rings. The Morgan fingerprint density at radius 3 is 2.23 bits per heavy atom. The molecule has 7 N–H and O–H groups in total. The number of carbonyl (C=O) groups excluding carboxylic acids is 7. The number of ether oxygens (including phenoxy) is 1. The molecule has 47 heavy (non-hydrogen) atoms. The number of rotatable bonds is 17. The van der Waals surface area contributed by atoms with Gasteiger partial charge in [0.15, 0.2) is 0 Å². The van der Waals surface area contributed by atoms with E-state index >= 15 is 0 Å². The van der Waals surface area contributed by atoms with E-state index in [0.29, 0.717) is 38.0 Å². The van der Waals surface area contributed by atoms with Gasteiger partial charge in [0.25, 0.3) is 0 Å². The number of thioether (sulfide) groups is 1. The lowest BCUT2D eigenvalue weighted by Crippen LogP contribution is -2.51. The summed E-state index contributed by atoms with van der Waals surface area (Å²) in [5.41, 5.74) is 5.98. The monoisotopic (exact) mass is 679 g/mol. The lowest BCUT2D eigenvalue weighted by Gasteiger charge is -2.21. The number of carbonyl (C=O) groups is 7. The minimum Gasteiger partial charge on any atom is -0.445 e. The van der Waals surface area contributed by atoms with Gasteiger partial charge in [0, 0.05) is 38.7 Å². The standard InChI is InChI=1S/C27H39N5O7S.C4H10N2O/c1-17(2)24(31-21(33)8-6-5-7-13-32-23(35)14-20(40-4)26(32)37)25(36)29-15-22(34)30-19-11-9-18(10-12-19)16-39-27(38)28-3;1-2-3-6-4(5)7/h9-12,17,20,24H,5-8,13-16H2,1-4H3,(H,28,38)(H,29,36)(H,30,34)(H,31,33);2-3H2,1H3,(H3,5,6,7). The predicted molar refractivity (Wildman–Crippen MR) is 179 cm³/mol. The topological polar surface area (TPSA) is 218 Å². The van der Waals surface area contributed by atoms with E-state index in [1.165, 1.54) is 23.7 Å². The largest absolute Gasteiger partial charge is 0.445 e. The average Bonchev–Trinajstić information content (AvgIpc) is 3.32. The number of hydrogen-bond donors (Lipinski definition) is 6. The van der Waals surface area contributed by atoms with Crippen LogP contribution in [0.5, 0.6) is 0 Å². The first kappa shape index (κ1) is 40.7. The Morgan fingerprint density at radius 2 is 1.70 bits per heavy atom. The van der Waals surface area contributed by atoms with Crippen molar-refractivity contribution in [3.63, 3.8) is 0 Å². The number of urea groups is 1. The van der Waals surface area contributed by atoms with Crippen molar-refractivity contribution >= 4 is 59.1 Å². The normalized spacial score (nSPS) is 14.4. The average molecular weight is 680 g/mol. The first-order valence-electron chi connectivity index (χ1n) is 15.5. The molecule has 8 amide bonds. The molecule has 262 valence electrons. The lowest BCUT2D eigenvalue weighted by atomic mass is 10.0. The fourth-order valence-electron chi connectivity index (χ4n) is 4.22. The summed E-state index contributed by atoms with van der Waals surface area (Å²) in [5.74, 6) is -1.67. The van der Waals surface area contributed by atoms with Gasteiger partial charge in [0.2, 0.25) is 29.5 Å². The van der Waals surface area contributed by atoms with Gasteiger partial charge in [0.1, 0.15) is 12.6 Å². The van der Waals surface area contributed by atoms with Gasteiger partial charge in [-0.05, 0) is 49.1 Å². The maximum Gasteiger partial charge on any atom is 0.407 e. The Labute approximate surface area is 280 Å². The number of anilines is 1. The van der Waals surface area contributed by atoms with Crippen LogP contribution in [-0.2, 0) is 35.3 Å². The van der Waals surface area contributed by atoms with Crippen LogP contribution >= 0.6 is 11.8 Å². The van der Waals surface area contributed by atoms with Crippen molar-refractivity contribution in [1.29, 1.82) is 0 Å².